The number of aromatic nitrogens is 2. The van der Waals surface area contributed by atoms with E-state index in [0.29, 0.717) is 19.6 Å². The molecular weight excluding hydrogens is 494 g/mol. The Labute approximate surface area is 228 Å². The van der Waals surface area contributed by atoms with Gasteiger partial charge >= 0.3 is 6.09 Å². The number of hydrogen-bond acceptors (Lipinski definition) is 6. The topological polar surface area (TPSA) is 94.8 Å². The zero-order valence-electron chi connectivity index (χ0n) is 22.3. The van der Waals surface area contributed by atoms with Crippen LogP contribution in [-0.2, 0) is 22.7 Å². The maximum absolute atomic E-state index is 12.0. The number of benzene rings is 3. The summed E-state index contributed by atoms with van der Waals surface area (Å²) in [6.45, 7) is 3.84. The van der Waals surface area contributed by atoms with Gasteiger partial charge in [-0.25, -0.2) is 9.48 Å². The Kier molecular flexibility index (Phi) is 8.75. The van der Waals surface area contributed by atoms with E-state index in [-0.39, 0.29) is 19.4 Å². The van der Waals surface area contributed by atoms with E-state index in [1.165, 1.54) is 0 Å². The molecule has 1 aromatic heterocycles. The molecule has 1 atom stereocenters. The number of alkyl carbamates (subject to hydrolysis) is 1. The number of fused-ring (bicyclic) bond motifs is 1. The molecule has 4 aromatic rings. The van der Waals surface area contributed by atoms with Crippen molar-refractivity contribution in [2.75, 3.05) is 19.8 Å². The zero-order chi connectivity index (χ0) is 27.0. The van der Waals surface area contributed by atoms with E-state index in [4.69, 9.17) is 19.3 Å². The number of nitrogens with one attached hydrogen (secondary N) is 1. The molecule has 2 heterocycles. The highest BCUT2D eigenvalue weighted by Gasteiger charge is 2.22. The Hall–Kier alpha value is -3.88. The fourth-order valence-electron chi connectivity index (χ4n) is 4.78. The number of ether oxygens (including phenoxy) is 3. The molecule has 3 aromatic carbocycles. The highest BCUT2D eigenvalue weighted by molar-refractivity contribution is 5.94. The van der Waals surface area contributed by atoms with Gasteiger partial charge in [-0.2, -0.15) is 5.10 Å². The third-order valence-corrected chi connectivity index (χ3v) is 6.97. The third-order valence-electron chi connectivity index (χ3n) is 6.97. The predicted molar refractivity (Wildman–Crippen MR) is 149 cm³/mol. The normalized spacial score (nSPS) is 15.3. The summed E-state index contributed by atoms with van der Waals surface area (Å²) in [5.74, 6) is 0.731. The maximum Gasteiger partial charge on any atom is 0.407 e. The zero-order valence-corrected chi connectivity index (χ0v) is 22.3. The second-order valence-electron chi connectivity index (χ2n) is 9.78. The van der Waals surface area contributed by atoms with Crippen LogP contribution in [0.5, 0.6) is 5.75 Å². The van der Waals surface area contributed by atoms with E-state index in [1.54, 1.807) is 0 Å². The predicted octanol–water partition coefficient (Wildman–Crippen LogP) is 5.90. The number of nitrogens with zero attached hydrogens (tertiary/aromatic N) is 2. The van der Waals surface area contributed by atoms with Crippen molar-refractivity contribution in [2.24, 2.45) is 0 Å². The molecule has 5 rings (SSSR count). The second-order valence-corrected chi connectivity index (χ2v) is 9.78. The highest BCUT2D eigenvalue weighted by Crippen LogP contribution is 2.35. The molecule has 0 bridgehead atoms. The summed E-state index contributed by atoms with van der Waals surface area (Å²) in [6.07, 6.45) is 3.19. The van der Waals surface area contributed by atoms with E-state index in [0.717, 1.165) is 70.5 Å². The van der Waals surface area contributed by atoms with Crippen LogP contribution in [0.25, 0.3) is 22.2 Å². The molecule has 0 radical (unpaired) electrons. The molecule has 2 N–H and O–H groups in total. The SMILES string of the molecule is Cc1ccc(-c2nn(C3CCCCO3)c3ccc(OCCCNC(=O)OCc4ccccc4)cc23)cc1CO. The molecule has 39 heavy (non-hydrogen) atoms. The van der Waals surface area contributed by atoms with Crippen molar-refractivity contribution in [3.63, 3.8) is 0 Å². The van der Waals surface area contributed by atoms with E-state index >= 15 is 0 Å². The quantitative estimate of drug-likeness (QED) is 0.249. The summed E-state index contributed by atoms with van der Waals surface area (Å²) in [7, 11) is 0. The minimum Gasteiger partial charge on any atom is -0.494 e. The third kappa shape index (κ3) is 6.58. The highest BCUT2D eigenvalue weighted by atomic mass is 16.5. The lowest BCUT2D eigenvalue weighted by atomic mass is 10.0. The molecule has 8 nitrogen and oxygen atoms in total. The minimum absolute atomic E-state index is 0.0216. The maximum atomic E-state index is 12.0. The van der Waals surface area contributed by atoms with Crippen LogP contribution in [0.2, 0.25) is 0 Å². The van der Waals surface area contributed by atoms with Crippen molar-refractivity contribution in [3.05, 3.63) is 83.4 Å². The standard InChI is InChI=1S/C31H35N3O5/c1-22-11-12-24(18-25(22)20-35)30-27-19-26(13-14-28(27)34(33-30)29-10-5-6-16-38-29)37-17-7-15-32-31(36)39-21-23-8-3-2-4-9-23/h2-4,8-9,11-14,18-19,29,35H,5-7,10,15-17,20-21H2,1H3,(H,32,36). The number of aliphatic hydroxyl groups is 1. The summed E-state index contributed by atoms with van der Waals surface area (Å²) in [5, 5.41) is 18.5. The van der Waals surface area contributed by atoms with E-state index in [9.17, 15) is 9.90 Å². The summed E-state index contributed by atoms with van der Waals surface area (Å²) in [4.78, 5) is 12.0. The van der Waals surface area contributed by atoms with E-state index < -0.39 is 6.09 Å². The van der Waals surface area contributed by atoms with Crippen LogP contribution < -0.4 is 10.1 Å². The first-order chi connectivity index (χ1) is 19.1. The van der Waals surface area contributed by atoms with Gasteiger partial charge in [0.15, 0.2) is 6.23 Å². The van der Waals surface area contributed by atoms with Gasteiger partial charge in [0.2, 0.25) is 0 Å². The first-order valence-corrected chi connectivity index (χ1v) is 13.5. The van der Waals surface area contributed by atoms with Gasteiger partial charge in [-0.15, -0.1) is 0 Å². The van der Waals surface area contributed by atoms with Crippen LogP contribution in [0.1, 0.15) is 48.6 Å². The van der Waals surface area contributed by atoms with Crippen LogP contribution in [0.15, 0.2) is 66.7 Å². The molecule has 1 fully saturated rings. The lowest BCUT2D eigenvalue weighted by molar-refractivity contribution is -0.0365. The number of rotatable bonds is 10. The van der Waals surface area contributed by atoms with Crippen molar-refractivity contribution in [3.8, 4) is 17.0 Å². The Morgan fingerprint density at radius 2 is 2.00 bits per heavy atom. The van der Waals surface area contributed by atoms with Gasteiger partial charge < -0.3 is 24.6 Å². The molecular formula is C31H35N3O5. The average Bonchev–Trinajstić information content (AvgIpc) is 3.36. The van der Waals surface area contributed by atoms with Gasteiger partial charge in [-0.1, -0.05) is 42.5 Å². The number of aliphatic hydroxyl groups excluding tert-OH is 1. The molecule has 0 spiro atoms. The largest absolute Gasteiger partial charge is 0.494 e. The van der Waals surface area contributed by atoms with Crippen LogP contribution in [0, 0.1) is 6.92 Å². The minimum atomic E-state index is -0.442. The Balaban J connectivity index is 1.25. The molecule has 0 saturated carbocycles. The number of carbonyl (C=O) groups is 1. The van der Waals surface area contributed by atoms with Crippen LogP contribution in [0.4, 0.5) is 4.79 Å². The number of hydrogen-bond donors (Lipinski definition) is 2. The molecule has 1 unspecified atom stereocenters. The monoisotopic (exact) mass is 529 g/mol. The van der Waals surface area contributed by atoms with E-state index in [2.05, 4.69) is 5.32 Å². The summed E-state index contributed by atoms with van der Waals surface area (Å²) >= 11 is 0. The van der Waals surface area contributed by atoms with Crippen molar-refractivity contribution in [1.29, 1.82) is 0 Å². The second kappa shape index (κ2) is 12.8. The smallest absolute Gasteiger partial charge is 0.407 e. The molecule has 8 heteroatoms. The summed E-state index contributed by atoms with van der Waals surface area (Å²) in [5.41, 5.74) is 5.63. The lowest BCUT2D eigenvalue weighted by Crippen LogP contribution is -2.26. The van der Waals surface area contributed by atoms with Gasteiger partial charge in [0.25, 0.3) is 0 Å². The van der Waals surface area contributed by atoms with Crippen LogP contribution in [0.3, 0.4) is 0 Å². The molecule has 204 valence electrons. The number of amides is 1. The van der Waals surface area contributed by atoms with Crippen molar-refractivity contribution >= 4 is 17.0 Å². The Bertz CT molecular complexity index is 1400. The van der Waals surface area contributed by atoms with Crippen LogP contribution in [-0.4, -0.2) is 40.7 Å². The lowest BCUT2D eigenvalue weighted by Gasteiger charge is -2.23. The number of aryl methyl sites for hydroxylation is 1. The molecule has 1 amide bonds. The molecule has 1 aliphatic heterocycles. The van der Waals surface area contributed by atoms with E-state index in [1.807, 2.05) is 78.3 Å². The average molecular weight is 530 g/mol. The van der Waals surface area contributed by atoms with Gasteiger partial charge in [-0.3, -0.25) is 0 Å². The summed E-state index contributed by atoms with van der Waals surface area (Å²) in [6, 6.07) is 21.6. The fourth-order valence-corrected chi connectivity index (χ4v) is 4.78. The van der Waals surface area contributed by atoms with Gasteiger partial charge in [-0.05, 0) is 73.6 Å². The molecule has 0 aliphatic carbocycles. The Morgan fingerprint density at radius 1 is 1.13 bits per heavy atom. The van der Waals surface area contributed by atoms with Gasteiger partial charge in [0.05, 0.1) is 18.7 Å². The molecule has 1 aliphatic rings. The fraction of sp³-hybridized carbons (Fsp3) is 0.355. The Morgan fingerprint density at radius 3 is 2.79 bits per heavy atom. The van der Waals surface area contributed by atoms with Gasteiger partial charge in [0, 0.05) is 24.1 Å². The van der Waals surface area contributed by atoms with Crippen molar-refractivity contribution in [2.45, 2.75) is 52.0 Å². The summed E-state index contributed by atoms with van der Waals surface area (Å²) < 4.78 is 19.3. The van der Waals surface area contributed by atoms with Crippen molar-refractivity contribution < 1.29 is 24.1 Å². The first kappa shape index (κ1) is 26.7. The van der Waals surface area contributed by atoms with Crippen LogP contribution >= 0.6 is 0 Å². The first-order valence-electron chi connectivity index (χ1n) is 13.5. The number of carbonyl (C=O) groups excluding carboxylic acids is 1. The van der Waals surface area contributed by atoms with Gasteiger partial charge in [0.1, 0.15) is 18.1 Å². The van der Waals surface area contributed by atoms with Crippen molar-refractivity contribution in [1.82, 2.24) is 15.1 Å². The molecule has 1 saturated heterocycles.